The molecular weight excluding hydrogens is 302 g/mol. The Hall–Kier alpha value is -1.43. The minimum absolute atomic E-state index is 0.00284. The Kier molecular flexibility index (Phi) is 3.08. The Morgan fingerprint density at radius 3 is 2.91 bits per heavy atom. The quantitative estimate of drug-likeness (QED) is 0.795. The second kappa shape index (κ2) is 4.78. The zero-order valence-electron chi connectivity index (χ0n) is 12.8. The number of hydrogen-bond donors (Lipinski definition) is 0. The summed E-state index contributed by atoms with van der Waals surface area (Å²) in [5, 5.41) is 0.600. The van der Waals surface area contributed by atoms with Gasteiger partial charge in [-0.15, -0.1) is 0 Å². The molecule has 2 aromatic rings. The van der Waals surface area contributed by atoms with E-state index in [0.717, 1.165) is 17.5 Å². The van der Waals surface area contributed by atoms with Gasteiger partial charge in [0.25, 0.3) is 0 Å². The van der Waals surface area contributed by atoms with Crippen LogP contribution in [0.5, 0.6) is 0 Å². The smallest absolute Gasteiger partial charge is 0.164 e. The van der Waals surface area contributed by atoms with Crippen LogP contribution in [0, 0.1) is 0 Å². The van der Waals surface area contributed by atoms with Crippen LogP contribution in [0.15, 0.2) is 30.4 Å². The summed E-state index contributed by atoms with van der Waals surface area (Å²) in [4.78, 5) is 8.51. The molecule has 116 valence electrons. The van der Waals surface area contributed by atoms with E-state index >= 15 is 0 Å². The van der Waals surface area contributed by atoms with Crippen LogP contribution in [-0.2, 0) is 9.47 Å². The van der Waals surface area contributed by atoms with Gasteiger partial charge in [-0.1, -0.05) is 24.6 Å². The fraction of sp³-hybridized carbons (Fsp3) is 0.500. The topological polar surface area (TPSA) is 49.2 Å². The molecule has 2 aromatic heterocycles. The van der Waals surface area contributed by atoms with E-state index in [-0.39, 0.29) is 18.2 Å². The van der Waals surface area contributed by atoms with E-state index in [9.17, 15) is 0 Å². The molecule has 5 nitrogen and oxygen atoms in total. The summed E-state index contributed by atoms with van der Waals surface area (Å²) in [6.45, 7) is 6.06. The van der Waals surface area contributed by atoms with Gasteiger partial charge in [0.1, 0.15) is 17.7 Å². The van der Waals surface area contributed by atoms with E-state index in [0.29, 0.717) is 5.02 Å². The third-order valence-electron chi connectivity index (χ3n) is 4.38. The zero-order valence-corrected chi connectivity index (χ0v) is 13.5. The first-order chi connectivity index (χ1) is 10.5. The molecule has 1 unspecified atom stereocenters. The van der Waals surface area contributed by atoms with Gasteiger partial charge >= 0.3 is 0 Å². The lowest BCUT2D eigenvalue weighted by Gasteiger charge is -2.22. The highest BCUT2D eigenvalue weighted by Crippen LogP contribution is 2.45. The zero-order chi connectivity index (χ0) is 15.5. The Morgan fingerprint density at radius 2 is 2.14 bits per heavy atom. The van der Waals surface area contributed by atoms with Crippen molar-refractivity contribution in [1.82, 2.24) is 14.5 Å². The fourth-order valence-corrected chi connectivity index (χ4v) is 3.72. The van der Waals surface area contributed by atoms with Crippen LogP contribution < -0.4 is 0 Å². The number of fused-ring (bicyclic) bond motifs is 2. The lowest BCUT2D eigenvalue weighted by atomic mass is 10.1. The average Bonchev–Trinajstić information content (AvgIpc) is 3.10. The van der Waals surface area contributed by atoms with Crippen LogP contribution in [0.1, 0.15) is 33.2 Å². The molecule has 3 atom stereocenters. The van der Waals surface area contributed by atoms with Gasteiger partial charge in [0.2, 0.25) is 0 Å². The van der Waals surface area contributed by atoms with Crippen LogP contribution in [-0.4, -0.2) is 32.5 Å². The Morgan fingerprint density at radius 1 is 1.32 bits per heavy atom. The van der Waals surface area contributed by atoms with Crippen LogP contribution >= 0.6 is 11.6 Å². The van der Waals surface area contributed by atoms with Crippen molar-refractivity contribution in [2.24, 2.45) is 0 Å². The Balaban J connectivity index is 1.83. The molecule has 22 heavy (non-hydrogen) atoms. The van der Waals surface area contributed by atoms with E-state index in [1.165, 1.54) is 5.57 Å². The van der Waals surface area contributed by atoms with Gasteiger partial charge in [0, 0.05) is 6.20 Å². The van der Waals surface area contributed by atoms with Crippen molar-refractivity contribution in [3.05, 3.63) is 35.4 Å². The second-order valence-electron chi connectivity index (χ2n) is 6.25. The van der Waals surface area contributed by atoms with Crippen molar-refractivity contribution in [2.45, 2.75) is 51.2 Å². The maximum atomic E-state index is 6.34. The van der Waals surface area contributed by atoms with Gasteiger partial charge in [0.15, 0.2) is 5.79 Å². The molecule has 4 rings (SSSR count). The largest absolute Gasteiger partial charge is 0.342 e. The summed E-state index contributed by atoms with van der Waals surface area (Å²) in [6.07, 6.45) is 8.31. The molecule has 0 bridgehead atoms. The molecule has 0 amide bonds. The van der Waals surface area contributed by atoms with Gasteiger partial charge in [-0.2, -0.15) is 0 Å². The second-order valence-corrected chi connectivity index (χ2v) is 6.65. The molecule has 3 heterocycles. The fourth-order valence-electron chi connectivity index (χ4n) is 3.47. The SMILES string of the molecule is CCC1=C[C@@H](n2cnc3cncc(Cl)c32)C2OC(C)(C)O[C@@H]12. The van der Waals surface area contributed by atoms with E-state index in [1.807, 2.05) is 20.2 Å². The molecule has 1 aliphatic heterocycles. The molecule has 6 heteroatoms. The summed E-state index contributed by atoms with van der Waals surface area (Å²) in [6, 6.07) is 0.0339. The van der Waals surface area contributed by atoms with Crippen molar-refractivity contribution in [1.29, 1.82) is 0 Å². The number of halogens is 1. The van der Waals surface area contributed by atoms with Crippen molar-refractivity contribution in [3.8, 4) is 0 Å². The maximum Gasteiger partial charge on any atom is 0.164 e. The molecule has 0 saturated carbocycles. The molecule has 1 saturated heterocycles. The predicted octanol–water partition coefficient (Wildman–Crippen LogP) is 3.50. The Bertz CT molecular complexity index is 768. The first-order valence-electron chi connectivity index (χ1n) is 7.52. The molecule has 0 N–H and O–H groups in total. The monoisotopic (exact) mass is 319 g/mol. The van der Waals surface area contributed by atoms with Crippen LogP contribution in [0.3, 0.4) is 0 Å². The molecule has 0 aromatic carbocycles. The van der Waals surface area contributed by atoms with Gasteiger partial charge in [-0.25, -0.2) is 4.98 Å². The summed E-state index contributed by atoms with van der Waals surface area (Å²) in [5.74, 6) is -0.565. The highest BCUT2D eigenvalue weighted by molar-refractivity contribution is 6.34. The number of aromatic nitrogens is 3. The van der Waals surface area contributed by atoms with Crippen molar-refractivity contribution in [3.63, 3.8) is 0 Å². The van der Waals surface area contributed by atoms with Gasteiger partial charge < -0.3 is 14.0 Å². The van der Waals surface area contributed by atoms with Gasteiger partial charge in [-0.3, -0.25) is 4.98 Å². The Labute approximate surface area is 133 Å². The average molecular weight is 320 g/mol. The molecule has 0 spiro atoms. The highest BCUT2D eigenvalue weighted by Gasteiger charge is 2.50. The molecule has 1 fully saturated rings. The standard InChI is InChI=1S/C16H18ClN3O2/c1-4-9-5-12(15-14(9)21-16(2,3)22-15)20-8-19-11-7-18-6-10(17)13(11)20/h5-8,12,14-15H,4H2,1-3H3/t12-,14+,15?/m1/s1. The third-order valence-corrected chi connectivity index (χ3v) is 4.65. The van der Waals surface area contributed by atoms with Gasteiger partial charge in [0.05, 0.1) is 29.1 Å². The summed E-state index contributed by atoms with van der Waals surface area (Å²) in [7, 11) is 0. The number of hydrogen-bond acceptors (Lipinski definition) is 4. The van der Waals surface area contributed by atoms with Crippen LogP contribution in [0.2, 0.25) is 5.02 Å². The highest BCUT2D eigenvalue weighted by atomic mass is 35.5. The molecular formula is C16H18ClN3O2. The molecule has 0 radical (unpaired) electrons. The number of ether oxygens (including phenoxy) is 2. The van der Waals surface area contributed by atoms with Gasteiger partial charge in [-0.05, 0) is 25.8 Å². The number of rotatable bonds is 2. The molecule has 2 aliphatic rings. The number of imidazole rings is 1. The summed E-state index contributed by atoms with van der Waals surface area (Å²) in [5.41, 5.74) is 2.95. The minimum Gasteiger partial charge on any atom is -0.342 e. The van der Waals surface area contributed by atoms with Crippen molar-refractivity contribution in [2.75, 3.05) is 0 Å². The lowest BCUT2D eigenvalue weighted by molar-refractivity contribution is -0.147. The van der Waals surface area contributed by atoms with Crippen molar-refractivity contribution >= 4 is 22.6 Å². The number of nitrogens with zero attached hydrogens (tertiary/aromatic N) is 3. The first kappa shape index (κ1) is 14.2. The summed E-state index contributed by atoms with van der Waals surface area (Å²) < 4.78 is 14.3. The minimum atomic E-state index is -0.565. The summed E-state index contributed by atoms with van der Waals surface area (Å²) >= 11 is 6.34. The van der Waals surface area contributed by atoms with E-state index in [4.69, 9.17) is 21.1 Å². The van der Waals surface area contributed by atoms with E-state index in [1.54, 1.807) is 12.4 Å². The normalized spacial score (nSPS) is 29.8. The van der Waals surface area contributed by atoms with Crippen molar-refractivity contribution < 1.29 is 9.47 Å². The number of pyridine rings is 1. The predicted molar refractivity (Wildman–Crippen MR) is 83.8 cm³/mol. The lowest BCUT2D eigenvalue weighted by Crippen LogP contribution is -2.27. The van der Waals surface area contributed by atoms with E-state index < -0.39 is 5.79 Å². The molecule has 1 aliphatic carbocycles. The third kappa shape index (κ3) is 2.00. The van der Waals surface area contributed by atoms with E-state index in [2.05, 4.69) is 27.5 Å². The van der Waals surface area contributed by atoms with Crippen LogP contribution in [0.4, 0.5) is 0 Å². The van der Waals surface area contributed by atoms with Crippen LogP contribution in [0.25, 0.3) is 11.0 Å². The first-order valence-corrected chi connectivity index (χ1v) is 7.90. The maximum absolute atomic E-state index is 6.34.